The Kier molecular flexibility index (Phi) is 0.866. The van der Waals surface area contributed by atoms with Crippen LogP contribution in [0.3, 0.4) is 0 Å². The standard InChI is InChI=1S/C6H11NO/c8-5-1-4-2-6(4)7-3-5/h4-8H,1-3H2/t4-,5-,6+/m1/s1. The highest BCUT2D eigenvalue weighted by molar-refractivity contribution is 4.98. The predicted octanol–water partition coefficient (Wildman–Crippen LogP) is -0.271. The molecule has 2 nitrogen and oxygen atoms in total. The Bertz CT molecular complexity index is 105. The van der Waals surface area contributed by atoms with Gasteiger partial charge in [-0.1, -0.05) is 0 Å². The molecule has 0 unspecified atom stereocenters. The van der Waals surface area contributed by atoms with Crippen molar-refractivity contribution in [2.24, 2.45) is 5.92 Å². The predicted molar refractivity (Wildman–Crippen MR) is 30.5 cm³/mol. The third-order valence-corrected chi connectivity index (χ3v) is 2.11. The van der Waals surface area contributed by atoms with Gasteiger partial charge in [-0.05, 0) is 18.8 Å². The van der Waals surface area contributed by atoms with E-state index in [0.29, 0.717) is 0 Å². The van der Waals surface area contributed by atoms with Crippen LogP contribution in [0.5, 0.6) is 0 Å². The van der Waals surface area contributed by atoms with Crippen LogP contribution in [0.2, 0.25) is 0 Å². The largest absolute Gasteiger partial charge is 0.392 e. The maximum Gasteiger partial charge on any atom is 0.0667 e. The van der Waals surface area contributed by atoms with Crippen LogP contribution in [0.25, 0.3) is 0 Å². The SMILES string of the molecule is O[C@H]1CN[C@H]2C[C@H]2C1. The number of piperidine rings is 1. The number of β-amino-alcohol motifs (C(OH)–C–C–N with tert-alkyl or cyclic N) is 1. The number of rotatable bonds is 0. The van der Waals surface area contributed by atoms with Crippen LogP contribution in [0, 0.1) is 5.92 Å². The first-order chi connectivity index (χ1) is 3.86. The fourth-order valence-electron chi connectivity index (χ4n) is 1.48. The van der Waals surface area contributed by atoms with E-state index in [0.717, 1.165) is 24.9 Å². The van der Waals surface area contributed by atoms with Crippen molar-refractivity contribution in [2.45, 2.75) is 25.0 Å². The summed E-state index contributed by atoms with van der Waals surface area (Å²) in [4.78, 5) is 0. The second kappa shape index (κ2) is 1.45. The molecule has 0 bridgehead atoms. The lowest BCUT2D eigenvalue weighted by Gasteiger charge is -2.16. The highest BCUT2D eigenvalue weighted by Gasteiger charge is 2.41. The molecule has 0 spiro atoms. The second-order valence-corrected chi connectivity index (χ2v) is 2.90. The molecular weight excluding hydrogens is 102 g/mol. The molecule has 1 aliphatic carbocycles. The Hall–Kier alpha value is -0.0800. The van der Waals surface area contributed by atoms with Crippen molar-refractivity contribution in [2.75, 3.05) is 6.54 Å². The molecule has 3 atom stereocenters. The van der Waals surface area contributed by atoms with Gasteiger partial charge in [-0.25, -0.2) is 0 Å². The van der Waals surface area contributed by atoms with Crippen molar-refractivity contribution < 1.29 is 5.11 Å². The minimum Gasteiger partial charge on any atom is -0.392 e. The Morgan fingerprint density at radius 3 is 2.88 bits per heavy atom. The highest BCUT2D eigenvalue weighted by Crippen LogP contribution is 2.37. The van der Waals surface area contributed by atoms with Gasteiger partial charge in [-0.15, -0.1) is 0 Å². The summed E-state index contributed by atoms with van der Waals surface area (Å²) >= 11 is 0. The van der Waals surface area contributed by atoms with E-state index < -0.39 is 0 Å². The minimum atomic E-state index is -0.0567. The molecule has 2 heteroatoms. The molecule has 1 aliphatic heterocycles. The molecule has 0 amide bonds. The zero-order valence-corrected chi connectivity index (χ0v) is 4.80. The van der Waals surface area contributed by atoms with E-state index in [-0.39, 0.29) is 6.10 Å². The number of aliphatic hydroxyl groups excluding tert-OH is 1. The Morgan fingerprint density at radius 1 is 1.38 bits per heavy atom. The first-order valence-electron chi connectivity index (χ1n) is 3.28. The van der Waals surface area contributed by atoms with E-state index in [4.69, 9.17) is 5.11 Å². The maximum atomic E-state index is 9.04. The minimum absolute atomic E-state index is 0.0567. The summed E-state index contributed by atoms with van der Waals surface area (Å²) in [5.41, 5.74) is 0. The van der Waals surface area contributed by atoms with Crippen LogP contribution in [-0.2, 0) is 0 Å². The van der Waals surface area contributed by atoms with Crippen molar-refractivity contribution in [3.05, 3.63) is 0 Å². The molecular formula is C6H11NO. The van der Waals surface area contributed by atoms with Crippen LogP contribution in [-0.4, -0.2) is 23.8 Å². The Morgan fingerprint density at radius 2 is 2.25 bits per heavy atom. The van der Waals surface area contributed by atoms with Crippen molar-refractivity contribution in [1.29, 1.82) is 0 Å². The summed E-state index contributed by atoms with van der Waals surface area (Å²) < 4.78 is 0. The van der Waals surface area contributed by atoms with Gasteiger partial charge in [-0.2, -0.15) is 0 Å². The van der Waals surface area contributed by atoms with Gasteiger partial charge in [0.05, 0.1) is 6.10 Å². The van der Waals surface area contributed by atoms with Gasteiger partial charge in [-0.3, -0.25) is 0 Å². The monoisotopic (exact) mass is 113 g/mol. The van der Waals surface area contributed by atoms with Gasteiger partial charge >= 0.3 is 0 Å². The molecule has 0 aromatic heterocycles. The second-order valence-electron chi connectivity index (χ2n) is 2.90. The average molecular weight is 113 g/mol. The van der Waals surface area contributed by atoms with Gasteiger partial charge in [0.15, 0.2) is 0 Å². The maximum absolute atomic E-state index is 9.04. The molecule has 2 aliphatic rings. The van der Waals surface area contributed by atoms with Crippen LogP contribution in [0.4, 0.5) is 0 Å². The van der Waals surface area contributed by atoms with E-state index in [1.807, 2.05) is 0 Å². The van der Waals surface area contributed by atoms with E-state index in [2.05, 4.69) is 5.32 Å². The summed E-state index contributed by atoms with van der Waals surface area (Å²) in [6, 6.07) is 0.776. The summed E-state index contributed by atoms with van der Waals surface area (Å²) in [5, 5.41) is 12.3. The highest BCUT2D eigenvalue weighted by atomic mass is 16.3. The third kappa shape index (κ3) is 0.644. The molecule has 0 aromatic carbocycles. The number of aliphatic hydroxyl groups is 1. The first-order valence-corrected chi connectivity index (χ1v) is 3.28. The zero-order chi connectivity index (χ0) is 5.56. The lowest BCUT2D eigenvalue weighted by molar-refractivity contribution is 0.138. The molecule has 0 radical (unpaired) electrons. The molecule has 0 aromatic rings. The van der Waals surface area contributed by atoms with Crippen molar-refractivity contribution in [1.82, 2.24) is 5.32 Å². The quantitative estimate of drug-likeness (QED) is 0.453. The topological polar surface area (TPSA) is 32.3 Å². The van der Waals surface area contributed by atoms with Gasteiger partial charge < -0.3 is 10.4 Å². The van der Waals surface area contributed by atoms with Crippen molar-refractivity contribution in [3.8, 4) is 0 Å². The average Bonchev–Trinajstić information content (AvgIpc) is 2.43. The number of nitrogens with one attached hydrogen (secondary N) is 1. The molecule has 46 valence electrons. The molecule has 8 heavy (non-hydrogen) atoms. The molecule has 1 saturated carbocycles. The molecule has 2 fully saturated rings. The Labute approximate surface area is 48.9 Å². The lowest BCUT2D eigenvalue weighted by atomic mass is 10.1. The van der Waals surface area contributed by atoms with E-state index in [1.54, 1.807) is 0 Å². The summed E-state index contributed by atoms with van der Waals surface area (Å²) in [5.74, 6) is 0.818. The summed E-state index contributed by atoms with van der Waals surface area (Å²) in [6.45, 7) is 0.821. The van der Waals surface area contributed by atoms with Crippen molar-refractivity contribution >= 4 is 0 Å². The smallest absolute Gasteiger partial charge is 0.0667 e. The molecule has 1 saturated heterocycles. The lowest BCUT2D eigenvalue weighted by Crippen LogP contribution is -2.34. The number of hydrogen-bond donors (Lipinski definition) is 2. The van der Waals surface area contributed by atoms with E-state index in [9.17, 15) is 0 Å². The summed E-state index contributed by atoms with van der Waals surface area (Å²) in [6.07, 6.45) is 2.29. The fourth-order valence-corrected chi connectivity index (χ4v) is 1.48. The number of hydrogen-bond acceptors (Lipinski definition) is 2. The van der Waals surface area contributed by atoms with Gasteiger partial charge in [0.1, 0.15) is 0 Å². The zero-order valence-electron chi connectivity index (χ0n) is 4.80. The normalized spacial score (nSPS) is 52.9. The van der Waals surface area contributed by atoms with Crippen molar-refractivity contribution in [3.63, 3.8) is 0 Å². The third-order valence-electron chi connectivity index (χ3n) is 2.11. The van der Waals surface area contributed by atoms with Crippen LogP contribution in [0.1, 0.15) is 12.8 Å². The van der Waals surface area contributed by atoms with Gasteiger partial charge in [0, 0.05) is 12.6 Å². The first kappa shape index (κ1) is 4.77. The molecule has 2 rings (SSSR count). The van der Waals surface area contributed by atoms with E-state index >= 15 is 0 Å². The van der Waals surface area contributed by atoms with Crippen LogP contribution in [0.15, 0.2) is 0 Å². The van der Waals surface area contributed by atoms with Crippen LogP contribution >= 0.6 is 0 Å². The van der Waals surface area contributed by atoms with E-state index in [1.165, 1.54) is 6.42 Å². The molecule has 1 heterocycles. The fraction of sp³-hybridized carbons (Fsp3) is 1.00. The number of fused-ring (bicyclic) bond motifs is 1. The summed E-state index contributed by atoms with van der Waals surface area (Å²) in [7, 11) is 0. The van der Waals surface area contributed by atoms with Gasteiger partial charge in [0.25, 0.3) is 0 Å². The van der Waals surface area contributed by atoms with Crippen LogP contribution < -0.4 is 5.32 Å². The van der Waals surface area contributed by atoms with Gasteiger partial charge in [0.2, 0.25) is 0 Å². The Balaban J connectivity index is 1.93. The molecule has 2 N–H and O–H groups in total.